The molecule has 5 rings (SSSR count). The minimum absolute atomic E-state index is 0.0651. The molecule has 1 heterocycles. The molecule has 3 aromatic carbocycles. The summed E-state index contributed by atoms with van der Waals surface area (Å²) in [6, 6.07) is 20.2. The van der Waals surface area contributed by atoms with E-state index in [0.717, 1.165) is 35.6 Å². The van der Waals surface area contributed by atoms with E-state index in [9.17, 15) is 8.42 Å². The van der Waals surface area contributed by atoms with Gasteiger partial charge in [0, 0.05) is 24.1 Å². The van der Waals surface area contributed by atoms with Gasteiger partial charge >= 0.3 is 0 Å². The Hall–Kier alpha value is -2.76. The number of nitrogens with zero attached hydrogens (tertiary/aromatic N) is 1. The highest BCUT2D eigenvalue weighted by Crippen LogP contribution is 2.49. The molecule has 0 N–H and O–H groups in total. The summed E-state index contributed by atoms with van der Waals surface area (Å²) >= 11 is 0. The van der Waals surface area contributed by atoms with Gasteiger partial charge in [-0.3, -0.25) is 0 Å². The number of hydrogen-bond acceptors (Lipinski definition) is 2. The molecule has 1 fully saturated rings. The smallest absolute Gasteiger partial charge is 0.207 e. The average molecular weight is 448 g/mol. The van der Waals surface area contributed by atoms with Gasteiger partial charge in [0.2, 0.25) is 10.0 Å². The van der Waals surface area contributed by atoms with Crippen LogP contribution < -0.4 is 0 Å². The summed E-state index contributed by atoms with van der Waals surface area (Å²) in [7, 11) is -3.72. The van der Waals surface area contributed by atoms with E-state index < -0.39 is 15.4 Å². The van der Waals surface area contributed by atoms with Crippen molar-refractivity contribution in [2.75, 3.05) is 13.1 Å². The van der Waals surface area contributed by atoms with Crippen LogP contribution in [0.4, 0.5) is 4.39 Å². The fourth-order valence-corrected chi connectivity index (χ4v) is 6.48. The van der Waals surface area contributed by atoms with Crippen molar-refractivity contribution in [1.29, 1.82) is 0 Å². The molecule has 3 aromatic rings. The van der Waals surface area contributed by atoms with Crippen LogP contribution in [0.3, 0.4) is 0 Å². The van der Waals surface area contributed by atoms with Crippen molar-refractivity contribution in [3.8, 4) is 0 Å². The average Bonchev–Trinajstić information content (AvgIpc) is 3.18. The fourth-order valence-electron chi connectivity index (χ4n) is 5.01. The summed E-state index contributed by atoms with van der Waals surface area (Å²) in [5.74, 6) is -0.296. The number of hydrogen-bond donors (Lipinski definition) is 0. The van der Waals surface area contributed by atoms with E-state index in [-0.39, 0.29) is 23.8 Å². The number of sulfonamides is 1. The Balaban J connectivity index is 1.64. The molecule has 5 heteroatoms. The van der Waals surface area contributed by atoms with E-state index in [1.807, 2.05) is 49.4 Å². The molecule has 1 saturated heterocycles. The van der Waals surface area contributed by atoms with Crippen molar-refractivity contribution in [1.82, 2.24) is 4.31 Å². The van der Waals surface area contributed by atoms with Crippen molar-refractivity contribution in [3.63, 3.8) is 0 Å². The largest absolute Gasteiger partial charge is 0.243 e. The second-order valence-electron chi connectivity index (χ2n) is 8.86. The first-order valence-electron chi connectivity index (χ1n) is 11.0. The number of fused-ring (bicyclic) bond motifs is 1. The Morgan fingerprint density at radius 2 is 1.75 bits per heavy atom. The summed E-state index contributed by atoms with van der Waals surface area (Å²) in [4.78, 5) is 0.254. The molecule has 3 nitrogen and oxygen atoms in total. The maximum atomic E-state index is 16.2. The maximum absolute atomic E-state index is 16.2. The Morgan fingerprint density at radius 3 is 2.50 bits per heavy atom. The van der Waals surface area contributed by atoms with Crippen LogP contribution in [0.5, 0.6) is 0 Å². The normalized spacial score (nSPS) is 23.2. The van der Waals surface area contributed by atoms with Crippen LogP contribution in [-0.2, 0) is 10.0 Å². The predicted octanol–water partition coefficient (Wildman–Crippen LogP) is 6.26. The second-order valence-corrected chi connectivity index (χ2v) is 10.8. The van der Waals surface area contributed by atoms with Crippen molar-refractivity contribution < 1.29 is 12.8 Å². The first-order valence-corrected chi connectivity index (χ1v) is 12.5. The lowest BCUT2D eigenvalue weighted by molar-refractivity contribution is 0.370. The number of allylic oxidation sites excluding steroid dienone is 1. The van der Waals surface area contributed by atoms with Crippen LogP contribution in [0.15, 0.2) is 89.4 Å². The van der Waals surface area contributed by atoms with Gasteiger partial charge in [0.1, 0.15) is 5.83 Å². The lowest BCUT2D eigenvalue weighted by Gasteiger charge is -2.30. The molecule has 1 aliphatic carbocycles. The van der Waals surface area contributed by atoms with Gasteiger partial charge in [-0.05, 0) is 54.7 Å². The van der Waals surface area contributed by atoms with Crippen LogP contribution in [0.25, 0.3) is 16.6 Å². The molecule has 1 spiro atoms. The minimum Gasteiger partial charge on any atom is -0.207 e. The number of benzene rings is 3. The topological polar surface area (TPSA) is 37.4 Å². The van der Waals surface area contributed by atoms with Crippen LogP contribution in [0.2, 0.25) is 0 Å². The zero-order chi connectivity index (χ0) is 22.3. The van der Waals surface area contributed by atoms with Crippen LogP contribution in [-0.4, -0.2) is 25.8 Å². The standard InChI is InChI=1S/C27H26FNO2S/c1-20-12-14-22(15-13-20)32(30,31)29-18-25(27(19-29)16-5-2-6-17-27)26(28)24-11-7-9-21-8-3-4-10-23(21)24/h3-5,7-16H,2,6,17-19H2,1H3/b26-25-. The van der Waals surface area contributed by atoms with E-state index in [1.54, 1.807) is 30.3 Å². The van der Waals surface area contributed by atoms with Gasteiger partial charge < -0.3 is 0 Å². The zero-order valence-corrected chi connectivity index (χ0v) is 18.9. The summed E-state index contributed by atoms with van der Waals surface area (Å²) in [5.41, 5.74) is 1.50. The molecule has 0 aromatic heterocycles. The van der Waals surface area contributed by atoms with Gasteiger partial charge in [0.15, 0.2) is 0 Å². The summed E-state index contributed by atoms with van der Waals surface area (Å²) in [5, 5.41) is 1.81. The first-order chi connectivity index (χ1) is 15.4. The van der Waals surface area contributed by atoms with E-state index in [1.165, 1.54) is 4.31 Å². The third-order valence-corrected chi connectivity index (χ3v) is 8.58. The molecular weight excluding hydrogens is 421 g/mol. The molecule has 2 aliphatic rings. The van der Waals surface area contributed by atoms with E-state index in [0.29, 0.717) is 11.1 Å². The number of aryl methyl sites for hydroxylation is 1. The second kappa shape index (κ2) is 7.98. The van der Waals surface area contributed by atoms with Gasteiger partial charge in [-0.25, -0.2) is 12.8 Å². The molecule has 1 aliphatic heterocycles. The van der Waals surface area contributed by atoms with Gasteiger partial charge in [-0.1, -0.05) is 72.3 Å². The third kappa shape index (κ3) is 3.50. The van der Waals surface area contributed by atoms with Gasteiger partial charge in [0.25, 0.3) is 0 Å². The predicted molar refractivity (Wildman–Crippen MR) is 127 cm³/mol. The molecule has 0 bridgehead atoms. The molecule has 0 radical (unpaired) electrons. The molecule has 164 valence electrons. The highest BCUT2D eigenvalue weighted by molar-refractivity contribution is 7.89. The Kier molecular flexibility index (Phi) is 5.26. The molecule has 0 amide bonds. The SMILES string of the molecule is Cc1ccc(S(=O)(=O)N2C/C(=C(/F)c3cccc4ccccc34)C3(C=CCCC3)C2)cc1. The first kappa shape index (κ1) is 21.1. The van der Waals surface area contributed by atoms with Gasteiger partial charge in [-0.2, -0.15) is 4.31 Å². The molecule has 1 atom stereocenters. The maximum Gasteiger partial charge on any atom is 0.243 e. The minimum atomic E-state index is -3.72. The third-order valence-electron chi connectivity index (χ3n) is 6.77. The highest BCUT2D eigenvalue weighted by Gasteiger charge is 2.47. The van der Waals surface area contributed by atoms with E-state index in [2.05, 4.69) is 6.08 Å². The monoisotopic (exact) mass is 447 g/mol. The molecule has 32 heavy (non-hydrogen) atoms. The Bertz CT molecular complexity index is 1340. The number of rotatable bonds is 3. The van der Waals surface area contributed by atoms with E-state index >= 15 is 4.39 Å². The number of halogens is 1. The van der Waals surface area contributed by atoms with Gasteiger partial charge in [0.05, 0.1) is 4.90 Å². The van der Waals surface area contributed by atoms with E-state index in [4.69, 9.17) is 0 Å². The van der Waals surface area contributed by atoms with Crippen LogP contribution in [0, 0.1) is 12.3 Å². The zero-order valence-electron chi connectivity index (χ0n) is 18.1. The fraction of sp³-hybridized carbons (Fsp3) is 0.259. The lowest BCUT2D eigenvalue weighted by Crippen LogP contribution is -2.32. The van der Waals surface area contributed by atoms with Crippen molar-refractivity contribution in [2.45, 2.75) is 31.1 Å². The van der Waals surface area contributed by atoms with Gasteiger partial charge in [-0.15, -0.1) is 0 Å². The molecule has 0 saturated carbocycles. The summed E-state index contributed by atoms with van der Waals surface area (Å²) < 4.78 is 44.6. The summed E-state index contributed by atoms with van der Waals surface area (Å²) in [6.45, 7) is 2.26. The van der Waals surface area contributed by atoms with Crippen LogP contribution >= 0.6 is 0 Å². The van der Waals surface area contributed by atoms with Crippen LogP contribution in [0.1, 0.15) is 30.4 Å². The lowest BCUT2D eigenvalue weighted by atomic mass is 9.74. The quantitative estimate of drug-likeness (QED) is 0.445. The molecular formula is C27H26FNO2S. The summed E-state index contributed by atoms with van der Waals surface area (Å²) in [6.07, 6.45) is 6.72. The molecule has 1 unspecified atom stereocenters. The van der Waals surface area contributed by atoms with Crippen molar-refractivity contribution in [2.24, 2.45) is 5.41 Å². The van der Waals surface area contributed by atoms with Crippen molar-refractivity contribution >= 4 is 26.6 Å². The Labute approximate surface area is 188 Å². The highest BCUT2D eigenvalue weighted by atomic mass is 32.2. The van der Waals surface area contributed by atoms with Crippen molar-refractivity contribution in [3.05, 3.63) is 95.6 Å². The Morgan fingerprint density at radius 1 is 1.00 bits per heavy atom.